The molecule has 1 saturated carbocycles. The Balaban J connectivity index is 1.52. The lowest BCUT2D eigenvalue weighted by molar-refractivity contribution is -0.117. The minimum absolute atomic E-state index is 0.00366. The Morgan fingerprint density at radius 1 is 1.20 bits per heavy atom. The van der Waals surface area contributed by atoms with Gasteiger partial charge in [0.15, 0.2) is 5.13 Å². The molecule has 1 aromatic heterocycles. The number of esters is 1. The second-order valence-corrected chi connectivity index (χ2v) is 6.56. The molecule has 3 rings (SSSR count). The van der Waals surface area contributed by atoms with Crippen LogP contribution >= 0.6 is 11.3 Å². The van der Waals surface area contributed by atoms with Gasteiger partial charge in [0, 0.05) is 17.0 Å². The maximum atomic E-state index is 12.1. The highest BCUT2D eigenvalue weighted by Gasteiger charge is 2.30. The van der Waals surface area contributed by atoms with E-state index in [2.05, 4.69) is 20.4 Å². The van der Waals surface area contributed by atoms with E-state index in [-0.39, 0.29) is 24.2 Å². The Bertz CT molecular complexity index is 796. The number of hydrogen-bond acceptors (Lipinski definition) is 6. The number of methoxy groups -OCH3 is 1. The first-order valence-corrected chi connectivity index (χ1v) is 8.66. The average Bonchev–Trinajstić information content (AvgIpc) is 3.37. The standard InChI is InChI=1S/C17H17N3O4S/c1-24-16(23)11-4-6-12(7-5-11)18-14(21)8-13-9-25-17(19-13)20-15(22)10-2-3-10/h4-7,9-10H,2-3,8H2,1H3,(H,18,21)(H,19,20,22). The van der Waals surface area contributed by atoms with Gasteiger partial charge >= 0.3 is 5.97 Å². The van der Waals surface area contributed by atoms with Crippen LogP contribution in [0, 0.1) is 5.92 Å². The number of amides is 2. The topological polar surface area (TPSA) is 97.4 Å². The average molecular weight is 359 g/mol. The Hall–Kier alpha value is -2.74. The molecule has 0 bridgehead atoms. The van der Waals surface area contributed by atoms with Crippen LogP contribution in [0.25, 0.3) is 0 Å². The van der Waals surface area contributed by atoms with Gasteiger partial charge in [-0.2, -0.15) is 0 Å². The fourth-order valence-electron chi connectivity index (χ4n) is 2.18. The van der Waals surface area contributed by atoms with E-state index < -0.39 is 5.97 Å². The lowest BCUT2D eigenvalue weighted by atomic mass is 10.2. The number of carbonyl (C=O) groups is 3. The van der Waals surface area contributed by atoms with Crippen LogP contribution in [0.1, 0.15) is 28.9 Å². The minimum atomic E-state index is -0.430. The number of anilines is 2. The van der Waals surface area contributed by atoms with Gasteiger partial charge in [-0.25, -0.2) is 9.78 Å². The van der Waals surface area contributed by atoms with Crippen molar-refractivity contribution < 1.29 is 19.1 Å². The first-order chi connectivity index (χ1) is 12.0. The monoisotopic (exact) mass is 359 g/mol. The van der Waals surface area contributed by atoms with Crippen LogP contribution in [-0.2, 0) is 20.7 Å². The van der Waals surface area contributed by atoms with Crippen LogP contribution < -0.4 is 10.6 Å². The lowest BCUT2D eigenvalue weighted by Crippen LogP contribution is -2.15. The maximum absolute atomic E-state index is 12.1. The van der Waals surface area contributed by atoms with Gasteiger partial charge < -0.3 is 15.4 Å². The molecule has 25 heavy (non-hydrogen) atoms. The third-order valence-corrected chi connectivity index (χ3v) is 4.47. The maximum Gasteiger partial charge on any atom is 0.337 e. The van der Waals surface area contributed by atoms with Crippen LogP contribution in [0.2, 0.25) is 0 Å². The van der Waals surface area contributed by atoms with E-state index in [1.807, 2.05) is 0 Å². The van der Waals surface area contributed by atoms with E-state index >= 15 is 0 Å². The molecule has 2 N–H and O–H groups in total. The SMILES string of the molecule is COC(=O)c1ccc(NC(=O)Cc2csc(NC(=O)C3CC3)n2)cc1. The lowest BCUT2D eigenvalue weighted by Gasteiger charge is -2.05. The number of nitrogens with zero attached hydrogens (tertiary/aromatic N) is 1. The van der Waals surface area contributed by atoms with Crippen molar-refractivity contribution in [1.82, 2.24) is 4.98 Å². The van der Waals surface area contributed by atoms with Gasteiger partial charge in [-0.1, -0.05) is 0 Å². The highest BCUT2D eigenvalue weighted by atomic mass is 32.1. The molecule has 1 fully saturated rings. The van der Waals surface area contributed by atoms with Gasteiger partial charge in [-0.3, -0.25) is 9.59 Å². The zero-order chi connectivity index (χ0) is 17.8. The summed E-state index contributed by atoms with van der Waals surface area (Å²) in [4.78, 5) is 39.4. The molecule has 1 aliphatic rings. The van der Waals surface area contributed by atoms with E-state index in [0.29, 0.717) is 22.1 Å². The molecule has 7 nitrogen and oxygen atoms in total. The summed E-state index contributed by atoms with van der Waals surface area (Å²) in [5, 5.41) is 7.77. The van der Waals surface area contributed by atoms with Crippen molar-refractivity contribution in [3.8, 4) is 0 Å². The number of thiazole rings is 1. The molecule has 2 aromatic rings. The van der Waals surface area contributed by atoms with Gasteiger partial charge in [-0.15, -0.1) is 11.3 Å². The van der Waals surface area contributed by atoms with Gasteiger partial charge in [0.2, 0.25) is 11.8 Å². The predicted molar refractivity (Wildman–Crippen MR) is 93.6 cm³/mol. The Labute approximate surface area is 148 Å². The van der Waals surface area contributed by atoms with E-state index in [0.717, 1.165) is 12.8 Å². The molecule has 0 atom stereocenters. The molecule has 1 aliphatic carbocycles. The Morgan fingerprint density at radius 2 is 1.92 bits per heavy atom. The number of aromatic nitrogens is 1. The van der Waals surface area contributed by atoms with E-state index in [1.165, 1.54) is 18.4 Å². The predicted octanol–water partition coefficient (Wildman–Crippen LogP) is 2.46. The first kappa shape index (κ1) is 17.1. The zero-order valence-electron chi connectivity index (χ0n) is 13.6. The second-order valence-electron chi connectivity index (χ2n) is 5.70. The summed E-state index contributed by atoms with van der Waals surface area (Å²) >= 11 is 1.30. The quantitative estimate of drug-likeness (QED) is 0.772. The molecule has 1 heterocycles. The number of ether oxygens (including phenoxy) is 1. The first-order valence-electron chi connectivity index (χ1n) is 7.78. The molecule has 0 radical (unpaired) electrons. The molecule has 0 aliphatic heterocycles. The Kier molecular flexibility index (Phi) is 5.08. The van der Waals surface area contributed by atoms with Crippen molar-refractivity contribution in [1.29, 1.82) is 0 Å². The van der Waals surface area contributed by atoms with Crippen LogP contribution in [-0.4, -0.2) is 29.9 Å². The molecule has 1 aromatic carbocycles. The second kappa shape index (κ2) is 7.43. The smallest absolute Gasteiger partial charge is 0.337 e. The molecule has 2 amide bonds. The molecule has 0 spiro atoms. The van der Waals surface area contributed by atoms with Crippen molar-refractivity contribution in [3.63, 3.8) is 0 Å². The van der Waals surface area contributed by atoms with Crippen LogP contribution in [0.4, 0.5) is 10.8 Å². The summed E-state index contributed by atoms with van der Waals surface area (Å²) in [7, 11) is 1.31. The molecule has 0 saturated heterocycles. The molecule has 130 valence electrons. The fraction of sp³-hybridized carbons (Fsp3) is 0.294. The van der Waals surface area contributed by atoms with E-state index in [4.69, 9.17) is 0 Å². The van der Waals surface area contributed by atoms with Crippen molar-refractivity contribution in [2.45, 2.75) is 19.3 Å². The van der Waals surface area contributed by atoms with E-state index in [9.17, 15) is 14.4 Å². The van der Waals surface area contributed by atoms with Crippen LogP contribution in [0.5, 0.6) is 0 Å². The minimum Gasteiger partial charge on any atom is -0.465 e. The van der Waals surface area contributed by atoms with Crippen molar-refractivity contribution in [2.24, 2.45) is 5.92 Å². The van der Waals surface area contributed by atoms with E-state index in [1.54, 1.807) is 29.6 Å². The Morgan fingerprint density at radius 3 is 2.56 bits per heavy atom. The number of rotatable bonds is 6. The summed E-state index contributed by atoms with van der Waals surface area (Å²) in [6.07, 6.45) is 1.97. The molecular formula is C17H17N3O4S. The summed E-state index contributed by atoms with van der Waals surface area (Å²) in [5.74, 6) is -0.544. The zero-order valence-corrected chi connectivity index (χ0v) is 14.4. The van der Waals surface area contributed by atoms with Gasteiger partial charge in [0.1, 0.15) is 0 Å². The summed E-state index contributed by atoms with van der Waals surface area (Å²) in [5.41, 5.74) is 1.59. The number of benzene rings is 1. The molecular weight excluding hydrogens is 342 g/mol. The summed E-state index contributed by atoms with van der Waals surface area (Å²) < 4.78 is 4.62. The summed E-state index contributed by atoms with van der Waals surface area (Å²) in [6, 6.07) is 6.42. The van der Waals surface area contributed by atoms with Crippen molar-refractivity contribution >= 4 is 39.9 Å². The third-order valence-electron chi connectivity index (χ3n) is 3.66. The highest BCUT2D eigenvalue weighted by Crippen LogP contribution is 2.30. The van der Waals surface area contributed by atoms with Gasteiger partial charge in [0.05, 0.1) is 24.8 Å². The number of hydrogen-bond donors (Lipinski definition) is 2. The molecule has 8 heteroatoms. The number of carbonyl (C=O) groups excluding carboxylic acids is 3. The highest BCUT2D eigenvalue weighted by molar-refractivity contribution is 7.13. The van der Waals surface area contributed by atoms with Gasteiger partial charge in [-0.05, 0) is 37.1 Å². The van der Waals surface area contributed by atoms with Crippen LogP contribution in [0.15, 0.2) is 29.6 Å². The van der Waals surface area contributed by atoms with Crippen molar-refractivity contribution in [3.05, 3.63) is 40.9 Å². The normalized spacial score (nSPS) is 13.2. The fourth-order valence-corrected chi connectivity index (χ4v) is 2.89. The molecule has 0 unspecified atom stereocenters. The van der Waals surface area contributed by atoms with Crippen molar-refractivity contribution in [2.75, 3.05) is 17.7 Å². The third kappa shape index (κ3) is 4.63. The number of nitrogens with one attached hydrogen (secondary N) is 2. The largest absolute Gasteiger partial charge is 0.465 e. The van der Waals surface area contributed by atoms with Crippen LogP contribution in [0.3, 0.4) is 0 Å². The van der Waals surface area contributed by atoms with Gasteiger partial charge in [0.25, 0.3) is 0 Å². The summed E-state index contributed by atoms with van der Waals surface area (Å²) in [6.45, 7) is 0.